The van der Waals surface area contributed by atoms with Crippen molar-refractivity contribution in [3.63, 3.8) is 0 Å². The first kappa shape index (κ1) is 22.4. The number of ether oxygens (including phenoxy) is 1. The van der Waals surface area contributed by atoms with Gasteiger partial charge in [0.25, 0.3) is 10.0 Å². The second kappa shape index (κ2) is 9.10. The fraction of sp³-hybridized carbons (Fsp3) is 0.765. The maximum Gasteiger partial charge on any atom is 0.285 e. The van der Waals surface area contributed by atoms with Gasteiger partial charge in [-0.1, -0.05) is 6.92 Å². The van der Waals surface area contributed by atoms with Crippen LogP contribution in [-0.2, 0) is 24.3 Å². The number of carbonyl (C=O) groups is 2. The van der Waals surface area contributed by atoms with Gasteiger partial charge in [0.1, 0.15) is 5.76 Å². The first-order chi connectivity index (χ1) is 13.1. The highest BCUT2D eigenvalue weighted by Gasteiger charge is 2.44. The molecule has 2 amide bonds. The number of nitrogens with two attached hydrogens (primary N) is 1. The fourth-order valence-corrected chi connectivity index (χ4v) is 5.64. The van der Waals surface area contributed by atoms with Crippen molar-refractivity contribution in [3.05, 3.63) is 10.8 Å². The Morgan fingerprint density at radius 2 is 2.11 bits per heavy atom. The molecule has 1 fully saturated rings. The van der Waals surface area contributed by atoms with Crippen molar-refractivity contribution in [3.8, 4) is 0 Å². The predicted molar refractivity (Wildman–Crippen MR) is 102 cm³/mol. The van der Waals surface area contributed by atoms with Gasteiger partial charge in [-0.3, -0.25) is 9.59 Å². The van der Waals surface area contributed by atoms with E-state index >= 15 is 0 Å². The minimum Gasteiger partial charge on any atom is -0.475 e. The van der Waals surface area contributed by atoms with E-state index in [0.29, 0.717) is 19.4 Å². The van der Waals surface area contributed by atoms with Crippen molar-refractivity contribution in [1.82, 2.24) is 14.5 Å². The normalized spacial score (nSPS) is 24.5. The molecule has 0 radical (unpaired) electrons. The lowest BCUT2D eigenvalue weighted by Gasteiger charge is -2.34. The monoisotopic (exact) mass is 418 g/mol. The zero-order chi connectivity index (χ0) is 21.1. The Morgan fingerprint density at radius 3 is 2.68 bits per heavy atom. The summed E-state index contributed by atoms with van der Waals surface area (Å²) in [4.78, 5) is 25.7. The molecule has 0 bridgehead atoms. The molecule has 4 N–H and O–H groups in total. The van der Waals surface area contributed by atoms with Crippen molar-refractivity contribution < 1.29 is 27.9 Å². The van der Waals surface area contributed by atoms with Crippen molar-refractivity contribution in [1.29, 1.82) is 0 Å². The van der Waals surface area contributed by atoms with Crippen LogP contribution in [0.2, 0.25) is 0 Å². The van der Waals surface area contributed by atoms with E-state index in [1.54, 1.807) is 14.0 Å². The van der Waals surface area contributed by atoms with Gasteiger partial charge in [-0.2, -0.15) is 8.42 Å². The molecule has 0 aliphatic carbocycles. The third-order valence-electron chi connectivity index (χ3n) is 4.90. The Labute approximate surface area is 165 Å². The van der Waals surface area contributed by atoms with Crippen molar-refractivity contribution in [2.75, 3.05) is 26.9 Å². The highest BCUT2D eigenvalue weighted by molar-refractivity contribution is 7.93. The Kier molecular flexibility index (Phi) is 7.29. The van der Waals surface area contributed by atoms with Gasteiger partial charge in [-0.05, 0) is 32.2 Å². The zero-order valence-electron chi connectivity index (χ0n) is 16.6. The van der Waals surface area contributed by atoms with Crippen LogP contribution in [0.25, 0.3) is 0 Å². The number of aliphatic hydroxyl groups is 1. The molecule has 2 unspecified atom stereocenters. The molecule has 3 atom stereocenters. The molecule has 1 saturated heterocycles. The smallest absolute Gasteiger partial charge is 0.285 e. The Bertz CT molecular complexity index is 738. The van der Waals surface area contributed by atoms with E-state index < -0.39 is 39.9 Å². The molecular weight excluding hydrogens is 388 g/mol. The number of allylic oxidation sites excluding steroid dienone is 1. The van der Waals surface area contributed by atoms with Crippen molar-refractivity contribution in [2.24, 2.45) is 11.7 Å². The van der Waals surface area contributed by atoms with Crippen LogP contribution >= 0.6 is 0 Å². The van der Waals surface area contributed by atoms with Gasteiger partial charge in [0.05, 0.1) is 12.1 Å². The van der Waals surface area contributed by atoms with E-state index in [9.17, 15) is 23.1 Å². The molecule has 0 aromatic heterocycles. The Morgan fingerprint density at radius 1 is 1.43 bits per heavy atom. The summed E-state index contributed by atoms with van der Waals surface area (Å²) in [7, 11) is -2.70. The van der Waals surface area contributed by atoms with Gasteiger partial charge in [-0.25, -0.2) is 4.31 Å². The van der Waals surface area contributed by atoms with Crippen LogP contribution in [0.15, 0.2) is 10.8 Å². The van der Waals surface area contributed by atoms with Crippen LogP contribution in [0.4, 0.5) is 0 Å². The summed E-state index contributed by atoms with van der Waals surface area (Å²) >= 11 is 0. The summed E-state index contributed by atoms with van der Waals surface area (Å²) in [5.74, 6) is -1.45. The second-order valence-electron chi connectivity index (χ2n) is 7.49. The SMILES string of the molecule is CC1=C(S(=O)(=O)N(C(=O)C[C@@H](C)CC(N)=O)C2CCCNCC2O)N(C)CO1. The van der Waals surface area contributed by atoms with Gasteiger partial charge in [0, 0.05) is 26.4 Å². The zero-order valence-corrected chi connectivity index (χ0v) is 17.4. The highest BCUT2D eigenvalue weighted by Crippen LogP contribution is 2.31. The average molecular weight is 419 g/mol. The lowest BCUT2D eigenvalue weighted by atomic mass is 10.0. The molecule has 0 saturated carbocycles. The van der Waals surface area contributed by atoms with Gasteiger partial charge in [0.2, 0.25) is 11.8 Å². The molecule has 28 heavy (non-hydrogen) atoms. The van der Waals surface area contributed by atoms with E-state index in [0.717, 1.165) is 4.31 Å². The molecule has 2 aliphatic heterocycles. The summed E-state index contributed by atoms with van der Waals surface area (Å²) in [6, 6.07) is -0.900. The van der Waals surface area contributed by atoms with E-state index in [1.165, 1.54) is 11.8 Å². The van der Waals surface area contributed by atoms with Crippen LogP contribution in [0.3, 0.4) is 0 Å². The van der Waals surface area contributed by atoms with Crippen LogP contribution in [0, 0.1) is 5.92 Å². The Balaban J connectivity index is 2.42. The number of rotatable bonds is 7. The minimum absolute atomic E-state index is 0.0286. The summed E-state index contributed by atoms with van der Waals surface area (Å²) in [6.45, 7) is 4.06. The van der Waals surface area contributed by atoms with Gasteiger partial charge in [-0.15, -0.1) is 0 Å². The summed E-state index contributed by atoms with van der Waals surface area (Å²) in [5.41, 5.74) is 5.19. The fourth-order valence-electron chi connectivity index (χ4n) is 3.64. The van der Waals surface area contributed by atoms with E-state index in [4.69, 9.17) is 10.5 Å². The molecule has 0 aromatic rings. The summed E-state index contributed by atoms with van der Waals surface area (Å²) in [6.07, 6.45) is -0.293. The van der Waals surface area contributed by atoms with Gasteiger partial charge < -0.3 is 25.8 Å². The van der Waals surface area contributed by atoms with Crippen LogP contribution in [-0.4, -0.2) is 73.6 Å². The number of nitrogens with zero attached hydrogens (tertiary/aromatic N) is 2. The van der Waals surface area contributed by atoms with Crippen LogP contribution < -0.4 is 11.1 Å². The second-order valence-corrected chi connectivity index (χ2v) is 9.22. The number of aliphatic hydroxyl groups excluding tert-OH is 1. The van der Waals surface area contributed by atoms with E-state index in [1.807, 2.05) is 0 Å². The number of hydrogen-bond donors (Lipinski definition) is 3. The molecular formula is C17H30N4O6S. The number of sulfonamides is 1. The number of carbonyl (C=O) groups excluding carboxylic acids is 2. The number of β-amino-alcohol motifs (C(OH)–C–C–N with tert-alkyl or cyclic N) is 1. The third kappa shape index (κ3) is 4.95. The number of nitrogens with one attached hydrogen (secondary N) is 1. The first-order valence-electron chi connectivity index (χ1n) is 9.34. The number of primary amides is 1. The molecule has 2 heterocycles. The van der Waals surface area contributed by atoms with Crippen LogP contribution in [0.1, 0.15) is 39.5 Å². The summed E-state index contributed by atoms with van der Waals surface area (Å²) < 4.78 is 33.0. The maximum atomic E-state index is 13.5. The molecule has 11 heteroatoms. The van der Waals surface area contributed by atoms with Crippen LogP contribution in [0.5, 0.6) is 0 Å². The predicted octanol–water partition coefficient (Wildman–Crippen LogP) is -0.732. The average Bonchev–Trinajstić information content (AvgIpc) is 2.77. The van der Waals surface area contributed by atoms with E-state index in [-0.39, 0.29) is 36.9 Å². The molecule has 0 spiro atoms. The lowest BCUT2D eigenvalue weighted by Crippen LogP contribution is -2.53. The molecule has 0 aromatic carbocycles. The lowest BCUT2D eigenvalue weighted by molar-refractivity contribution is -0.130. The van der Waals surface area contributed by atoms with E-state index in [2.05, 4.69) is 5.32 Å². The first-order valence-corrected chi connectivity index (χ1v) is 10.8. The minimum atomic E-state index is -4.26. The summed E-state index contributed by atoms with van der Waals surface area (Å²) in [5, 5.41) is 13.5. The Hall–Kier alpha value is -1.85. The topological polar surface area (TPSA) is 142 Å². The molecule has 2 rings (SSSR count). The maximum absolute atomic E-state index is 13.5. The molecule has 160 valence electrons. The van der Waals surface area contributed by atoms with Crippen molar-refractivity contribution in [2.45, 2.75) is 51.7 Å². The quantitative estimate of drug-likeness (QED) is 0.491. The van der Waals surface area contributed by atoms with Gasteiger partial charge in [0.15, 0.2) is 11.8 Å². The number of hydrogen-bond acceptors (Lipinski definition) is 8. The molecule has 10 nitrogen and oxygen atoms in total. The molecule has 2 aliphatic rings. The third-order valence-corrected chi connectivity index (χ3v) is 6.98. The largest absolute Gasteiger partial charge is 0.475 e. The standard InChI is InChI=1S/C17H30N4O6S/c1-11(7-15(18)23)8-16(24)21(13-5-4-6-19-9-14(13)22)28(25,26)17-12(2)27-10-20(17)3/h11,13-14,19,22H,4-10H2,1-3H3,(H2,18,23)/t11-,13?,14?/m0/s1. The van der Waals surface area contributed by atoms with Crippen molar-refractivity contribution >= 4 is 21.8 Å². The number of amides is 2. The van der Waals surface area contributed by atoms with Gasteiger partial charge >= 0.3 is 0 Å². The highest BCUT2D eigenvalue weighted by atomic mass is 32.2.